The van der Waals surface area contributed by atoms with Crippen LogP contribution >= 0.6 is 14.7 Å². The van der Waals surface area contributed by atoms with E-state index in [0.29, 0.717) is 34.4 Å². The van der Waals surface area contributed by atoms with E-state index in [1.807, 2.05) is 121 Å². The van der Waals surface area contributed by atoms with Crippen molar-refractivity contribution >= 4 is 36.0 Å². The number of rotatable bonds is 13. The van der Waals surface area contributed by atoms with Gasteiger partial charge in [0, 0.05) is 21.2 Å². The molecule has 6 heteroatoms. The molecule has 0 aliphatic heterocycles. The van der Waals surface area contributed by atoms with Crippen LogP contribution in [0.25, 0.3) is 0 Å². The third-order valence-corrected chi connectivity index (χ3v) is 12.5. The molecule has 0 aromatic heterocycles. The van der Waals surface area contributed by atoms with E-state index in [-0.39, 0.29) is 23.7 Å². The van der Waals surface area contributed by atoms with Crippen LogP contribution in [0, 0.1) is 23.7 Å². The summed E-state index contributed by atoms with van der Waals surface area (Å²) in [6.07, 6.45) is 0. The zero-order valence-electron chi connectivity index (χ0n) is 23.8. The van der Waals surface area contributed by atoms with Gasteiger partial charge >= 0.3 is 0 Å². The van der Waals surface area contributed by atoms with Crippen molar-refractivity contribution in [1.29, 1.82) is 0 Å². The maximum atomic E-state index is 14.5. The molecule has 40 heavy (non-hydrogen) atoms. The average molecular weight is 575 g/mol. The number of hydrogen-bond donors (Lipinski definition) is 0. The molecule has 0 saturated heterocycles. The molecule has 4 rings (SSSR count). The van der Waals surface area contributed by atoms with Crippen LogP contribution in [-0.4, -0.2) is 13.2 Å². The minimum Gasteiger partial charge on any atom is -0.322 e. The lowest BCUT2D eigenvalue weighted by atomic mass is 9.78. The Morgan fingerprint density at radius 3 is 0.875 bits per heavy atom. The second kappa shape index (κ2) is 13.7. The molecule has 0 N–H and O–H groups in total. The van der Waals surface area contributed by atoms with Crippen molar-refractivity contribution in [2.24, 2.45) is 23.7 Å². The van der Waals surface area contributed by atoms with E-state index in [2.05, 4.69) is 27.7 Å². The predicted molar refractivity (Wildman–Crippen MR) is 168 cm³/mol. The summed E-state index contributed by atoms with van der Waals surface area (Å²) in [5, 5.41) is 2.72. The molecule has 0 saturated carbocycles. The van der Waals surface area contributed by atoms with Crippen molar-refractivity contribution in [2.75, 3.05) is 13.2 Å². The minimum atomic E-state index is -3.33. The molecule has 4 nitrogen and oxygen atoms in total. The number of hydrogen-bond acceptors (Lipinski definition) is 4. The van der Waals surface area contributed by atoms with Crippen LogP contribution < -0.4 is 21.2 Å². The zero-order valence-corrected chi connectivity index (χ0v) is 25.6. The maximum absolute atomic E-state index is 14.5. The third-order valence-electron chi connectivity index (χ3n) is 7.54. The predicted octanol–water partition coefficient (Wildman–Crippen LogP) is 7.42. The van der Waals surface area contributed by atoms with Crippen molar-refractivity contribution in [2.45, 2.75) is 27.7 Å². The highest BCUT2D eigenvalue weighted by atomic mass is 31.2. The van der Waals surface area contributed by atoms with E-state index >= 15 is 0 Å². The first-order chi connectivity index (χ1) is 19.3. The Kier molecular flexibility index (Phi) is 10.4. The fourth-order valence-corrected chi connectivity index (χ4v) is 9.31. The van der Waals surface area contributed by atoms with E-state index in [1.54, 1.807) is 0 Å². The summed E-state index contributed by atoms with van der Waals surface area (Å²) in [6.45, 7) is 9.24. The Hall–Kier alpha value is -2.74. The quantitative estimate of drug-likeness (QED) is 0.156. The lowest BCUT2D eigenvalue weighted by Gasteiger charge is -2.35. The van der Waals surface area contributed by atoms with Gasteiger partial charge in [0.15, 0.2) is 0 Å². The minimum absolute atomic E-state index is 0.0285. The molecule has 210 valence electrons. The monoisotopic (exact) mass is 574 g/mol. The van der Waals surface area contributed by atoms with E-state index in [4.69, 9.17) is 9.05 Å². The molecular formula is C34H40O4P2. The molecular weight excluding hydrogens is 534 g/mol. The smallest absolute Gasteiger partial charge is 0.261 e. The van der Waals surface area contributed by atoms with Crippen LogP contribution in [0.3, 0.4) is 0 Å². The molecule has 0 spiro atoms. The fraction of sp³-hybridized carbons (Fsp3) is 0.294. The Morgan fingerprint density at radius 2 is 0.675 bits per heavy atom. The second-order valence-corrected chi connectivity index (χ2v) is 15.6. The molecule has 0 radical (unpaired) electrons. The lowest BCUT2D eigenvalue weighted by molar-refractivity contribution is 0.0851. The van der Waals surface area contributed by atoms with Gasteiger partial charge in [0.1, 0.15) is 0 Å². The van der Waals surface area contributed by atoms with Crippen LogP contribution in [0.4, 0.5) is 0 Å². The summed E-state index contributed by atoms with van der Waals surface area (Å²) in [5.74, 6) is 0.508. The summed E-state index contributed by atoms with van der Waals surface area (Å²) in [7, 11) is -6.66. The first-order valence-corrected chi connectivity index (χ1v) is 17.2. The Balaban J connectivity index is 1.62. The lowest BCUT2D eigenvalue weighted by Crippen LogP contribution is -2.34. The van der Waals surface area contributed by atoms with Crippen LogP contribution in [-0.2, 0) is 18.2 Å². The maximum Gasteiger partial charge on any atom is 0.261 e. The van der Waals surface area contributed by atoms with Gasteiger partial charge in [-0.25, -0.2) is 0 Å². The van der Waals surface area contributed by atoms with Crippen molar-refractivity contribution in [3.05, 3.63) is 121 Å². The first-order valence-electron chi connectivity index (χ1n) is 14.0. The molecule has 0 aliphatic rings. The van der Waals surface area contributed by atoms with Crippen molar-refractivity contribution in [3.8, 4) is 0 Å². The second-order valence-electron chi connectivity index (χ2n) is 10.9. The zero-order chi connectivity index (χ0) is 28.6. The summed E-state index contributed by atoms with van der Waals surface area (Å²) in [4.78, 5) is 0. The molecule has 0 amide bonds. The summed E-state index contributed by atoms with van der Waals surface area (Å²) in [5.41, 5.74) is 0. The SMILES string of the molecule is CC(C)C(COP(=O)(c1ccccc1)c1ccccc1)C(COP(=O)(c1ccccc1)c1ccccc1)C(C)C. The highest BCUT2D eigenvalue weighted by molar-refractivity contribution is 7.74. The van der Waals surface area contributed by atoms with Crippen molar-refractivity contribution in [3.63, 3.8) is 0 Å². The molecule has 0 bridgehead atoms. The van der Waals surface area contributed by atoms with E-state index in [0.717, 1.165) is 0 Å². The van der Waals surface area contributed by atoms with Gasteiger partial charge in [-0.15, -0.1) is 0 Å². The van der Waals surface area contributed by atoms with E-state index in [1.165, 1.54) is 0 Å². The molecule has 4 aromatic rings. The van der Waals surface area contributed by atoms with Crippen LogP contribution in [0.1, 0.15) is 27.7 Å². The largest absolute Gasteiger partial charge is 0.322 e. The number of benzene rings is 4. The molecule has 2 atom stereocenters. The van der Waals surface area contributed by atoms with Gasteiger partial charge in [-0.1, -0.05) is 100 Å². The van der Waals surface area contributed by atoms with Gasteiger partial charge in [-0.3, -0.25) is 9.13 Å². The van der Waals surface area contributed by atoms with Gasteiger partial charge < -0.3 is 9.05 Å². The van der Waals surface area contributed by atoms with Crippen molar-refractivity contribution in [1.82, 2.24) is 0 Å². The molecule has 0 fully saturated rings. The van der Waals surface area contributed by atoms with Gasteiger partial charge in [-0.05, 0) is 72.2 Å². The topological polar surface area (TPSA) is 52.6 Å². The Morgan fingerprint density at radius 1 is 0.450 bits per heavy atom. The van der Waals surface area contributed by atoms with Crippen LogP contribution in [0.15, 0.2) is 121 Å². The first kappa shape index (κ1) is 30.2. The standard InChI is InChI=1S/C34H40O4P2/c1-27(2)33(25-37-39(35,29-17-9-5-10-18-29)30-19-11-6-12-20-30)34(28(3)4)26-38-40(36,31-21-13-7-14-22-31)32-23-15-8-16-24-32/h5-24,27-28,33-34H,25-26H2,1-4H3. The van der Waals surface area contributed by atoms with E-state index < -0.39 is 14.7 Å². The normalized spacial score (nSPS) is 13.8. The van der Waals surface area contributed by atoms with Crippen LogP contribution in [0.2, 0.25) is 0 Å². The summed E-state index contributed by atoms with van der Waals surface area (Å²) < 4.78 is 42.0. The van der Waals surface area contributed by atoms with E-state index in [9.17, 15) is 9.13 Å². The van der Waals surface area contributed by atoms with Gasteiger partial charge in [0.25, 0.3) is 14.7 Å². The Bertz CT molecular complexity index is 1210. The third kappa shape index (κ3) is 6.93. The average Bonchev–Trinajstić information content (AvgIpc) is 3.00. The molecule has 0 aliphatic carbocycles. The molecule has 4 aromatic carbocycles. The van der Waals surface area contributed by atoms with Crippen LogP contribution in [0.5, 0.6) is 0 Å². The summed E-state index contributed by atoms with van der Waals surface area (Å²) >= 11 is 0. The molecule has 0 heterocycles. The highest BCUT2D eigenvalue weighted by Gasteiger charge is 2.36. The van der Waals surface area contributed by atoms with Gasteiger partial charge in [-0.2, -0.15) is 0 Å². The van der Waals surface area contributed by atoms with Crippen molar-refractivity contribution < 1.29 is 18.2 Å². The molecule has 2 unspecified atom stereocenters. The van der Waals surface area contributed by atoms with Gasteiger partial charge in [0.05, 0.1) is 13.2 Å². The summed E-state index contributed by atoms with van der Waals surface area (Å²) in [6, 6.07) is 37.8. The van der Waals surface area contributed by atoms with Gasteiger partial charge in [0.2, 0.25) is 0 Å². The fourth-order valence-electron chi connectivity index (χ4n) is 5.10. The highest BCUT2D eigenvalue weighted by Crippen LogP contribution is 2.48. The Labute approximate surface area is 239 Å².